The van der Waals surface area contributed by atoms with Crippen LogP contribution in [0, 0.1) is 0 Å². The molecule has 1 aliphatic carbocycles. The molecule has 1 saturated carbocycles. The quantitative estimate of drug-likeness (QED) is 0.722. The molecule has 1 saturated heterocycles. The fourth-order valence-electron chi connectivity index (χ4n) is 3.15. The first-order valence-electron chi connectivity index (χ1n) is 6.23. The number of carbonyl (C=O) groups excluding carboxylic acids is 1. The minimum Gasteiger partial charge on any atom is -0.468 e. The number of nitrogens with one attached hydrogen (secondary N) is 1. The molecule has 4 heteroatoms. The van der Waals surface area contributed by atoms with Crippen molar-refractivity contribution in [1.82, 2.24) is 10.2 Å². The molecule has 2 rings (SSSR count). The normalized spacial score (nSPS) is 35.5. The second kappa shape index (κ2) is 4.72. The third kappa shape index (κ3) is 1.96. The fourth-order valence-corrected chi connectivity index (χ4v) is 3.15. The van der Waals surface area contributed by atoms with E-state index in [0.717, 1.165) is 19.3 Å². The molecular formula is C12H22N2O2. The van der Waals surface area contributed by atoms with Gasteiger partial charge in [0.2, 0.25) is 0 Å². The van der Waals surface area contributed by atoms with Crippen LogP contribution in [0.5, 0.6) is 0 Å². The first kappa shape index (κ1) is 11.9. The lowest BCUT2D eigenvalue weighted by Crippen LogP contribution is -2.50. The van der Waals surface area contributed by atoms with Gasteiger partial charge in [-0.25, -0.2) is 0 Å². The zero-order valence-electron chi connectivity index (χ0n) is 10.3. The van der Waals surface area contributed by atoms with Crippen LogP contribution < -0.4 is 5.32 Å². The van der Waals surface area contributed by atoms with Crippen molar-refractivity contribution in [2.45, 2.75) is 43.7 Å². The monoisotopic (exact) mass is 226 g/mol. The molecule has 0 bridgehead atoms. The number of rotatable bonds is 3. The lowest BCUT2D eigenvalue weighted by molar-refractivity contribution is -0.148. The standard InChI is InChI=1S/C12H22N2O2/c1-13-12(11(15)16-2)6-5-10(9-12)14-7-3-4-8-14/h10,13H,3-9H2,1-2H3. The van der Waals surface area contributed by atoms with Crippen molar-refractivity contribution in [3.63, 3.8) is 0 Å². The average Bonchev–Trinajstić information content (AvgIpc) is 2.96. The molecule has 0 aromatic carbocycles. The molecule has 92 valence electrons. The molecule has 2 aliphatic rings. The van der Waals surface area contributed by atoms with Gasteiger partial charge in [0.15, 0.2) is 0 Å². The van der Waals surface area contributed by atoms with Crippen molar-refractivity contribution in [3.05, 3.63) is 0 Å². The van der Waals surface area contributed by atoms with Crippen molar-refractivity contribution in [1.29, 1.82) is 0 Å². The Hall–Kier alpha value is -0.610. The second-order valence-electron chi connectivity index (χ2n) is 4.96. The summed E-state index contributed by atoms with van der Waals surface area (Å²) in [6, 6.07) is 0.564. The Morgan fingerprint density at radius 1 is 1.44 bits per heavy atom. The van der Waals surface area contributed by atoms with E-state index in [2.05, 4.69) is 10.2 Å². The molecule has 4 nitrogen and oxygen atoms in total. The summed E-state index contributed by atoms with van der Waals surface area (Å²) in [7, 11) is 3.34. The first-order valence-corrected chi connectivity index (χ1v) is 6.23. The number of likely N-dealkylation sites (N-methyl/N-ethyl adjacent to an activating group) is 1. The van der Waals surface area contributed by atoms with E-state index in [1.807, 2.05) is 7.05 Å². The van der Waals surface area contributed by atoms with Gasteiger partial charge in [-0.05, 0) is 52.2 Å². The van der Waals surface area contributed by atoms with Gasteiger partial charge in [0.1, 0.15) is 5.54 Å². The highest BCUT2D eigenvalue weighted by atomic mass is 16.5. The fraction of sp³-hybridized carbons (Fsp3) is 0.917. The molecule has 0 radical (unpaired) electrons. The highest BCUT2D eigenvalue weighted by Gasteiger charge is 2.46. The number of carbonyl (C=O) groups is 1. The predicted molar refractivity (Wildman–Crippen MR) is 62.3 cm³/mol. The van der Waals surface area contributed by atoms with Crippen molar-refractivity contribution in [3.8, 4) is 0 Å². The van der Waals surface area contributed by atoms with Crippen LogP contribution in [-0.4, -0.2) is 49.7 Å². The number of likely N-dealkylation sites (tertiary alicyclic amines) is 1. The van der Waals surface area contributed by atoms with Crippen LogP contribution in [0.15, 0.2) is 0 Å². The largest absolute Gasteiger partial charge is 0.468 e. The van der Waals surface area contributed by atoms with Crippen LogP contribution in [0.4, 0.5) is 0 Å². The minimum atomic E-state index is -0.429. The summed E-state index contributed by atoms with van der Waals surface area (Å²) in [6.45, 7) is 2.40. The van der Waals surface area contributed by atoms with Gasteiger partial charge >= 0.3 is 5.97 Å². The number of methoxy groups -OCH3 is 1. The van der Waals surface area contributed by atoms with E-state index in [1.54, 1.807) is 0 Å². The van der Waals surface area contributed by atoms with Gasteiger partial charge in [0.25, 0.3) is 0 Å². The maximum Gasteiger partial charge on any atom is 0.326 e. The molecule has 0 spiro atoms. The Bertz CT molecular complexity index is 264. The Morgan fingerprint density at radius 2 is 2.12 bits per heavy atom. The van der Waals surface area contributed by atoms with E-state index >= 15 is 0 Å². The Kier molecular flexibility index (Phi) is 3.50. The van der Waals surface area contributed by atoms with Crippen LogP contribution in [0.2, 0.25) is 0 Å². The van der Waals surface area contributed by atoms with E-state index < -0.39 is 5.54 Å². The summed E-state index contributed by atoms with van der Waals surface area (Å²) in [5, 5.41) is 3.18. The SMILES string of the molecule is CNC1(C(=O)OC)CCC(N2CCCC2)C1. The lowest BCUT2D eigenvalue weighted by Gasteiger charge is -2.28. The summed E-state index contributed by atoms with van der Waals surface area (Å²) < 4.78 is 4.92. The van der Waals surface area contributed by atoms with E-state index in [4.69, 9.17) is 4.74 Å². The summed E-state index contributed by atoms with van der Waals surface area (Å²) in [5.41, 5.74) is -0.429. The third-order valence-corrected chi connectivity index (χ3v) is 4.20. The summed E-state index contributed by atoms with van der Waals surface area (Å²) >= 11 is 0. The van der Waals surface area contributed by atoms with Gasteiger partial charge in [-0.2, -0.15) is 0 Å². The van der Waals surface area contributed by atoms with Gasteiger partial charge in [-0.3, -0.25) is 4.79 Å². The van der Waals surface area contributed by atoms with Gasteiger partial charge < -0.3 is 15.0 Å². The molecule has 0 amide bonds. The summed E-state index contributed by atoms with van der Waals surface area (Å²) in [5.74, 6) is -0.100. The Labute approximate surface area is 97.3 Å². The van der Waals surface area contributed by atoms with Crippen molar-refractivity contribution < 1.29 is 9.53 Å². The summed E-state index contributed by atoms with van der Waals surface area (Å²) in [4.78, 5) is 14.4. The zero-order valence-corrected chi connectivity index (χ0v) is 10.3. The molecule has 2 fully saturated rings. The molecule has 0 aromatic rings. The van der Waals surface area contributed by atoms with Crippen molar-refractivity contribution in [2.24, 2.45) is 0 Å². The minimum absolute atomic E-state index is 0.100. The van der Waals surface area contributed by atoms with Gasteiger partial charge in [-0.15, -0.1) is 0 Å². The second-order valence-corrected chi connectivity index (χ2v) is 4.96. The number of hydrogen-bond acceptors (Lipinski definition) is 4. The van der Waals surface area contributed by atoms with E-state index in [1.165, 1.54) is 33.0 Å². The van der Waals surface area contributed by atoms with Crippen LogP contribution in [-0.2, 0) is 9.53 Å². The molecule has 1 heterocycles. The molecule has 2 unspecified atom stereocenters. The number of ether oxygens (including phenoxy) is 1. The highest BCUT2D eigenvalue weighted by Crippen LogP contribution is 2.35. The number of esters is 1. The molecule has 1 N–H and O–H groups in total. The molecule has 0 aromatic heterocycles. The third-order valence-electron chi connectivity index (χ3n) is 4.20. The molecule has 16 heavy (non-hydrogen) atoms. The molecule has 1 aliphatic heterocycles. The van der Waals surface area contributed by atoms with Crippen LogP contribution in [0.25, 0.3) is 0 Å². The number of nitrogens with zero attached hydrogens (tertiary/aromatic N) is 1. The van der Waals surface area contributed by atoms with Gasteiger partial charge in [0, 0.05) is 6.04 Å². The van der Waals surface area contributed by atoms with Crippen LogP contribution >= 0.6 is 0 Å². The number of hydrogen-bond donors (Lipinski definition) is 1. The molecular weight excluding hydrogens is 204 g/mol. The maximum atomic E-state index is 11.8. The van der Waals surface area contributed by atoms with Gasteiger partial charge in [0.05, 0.1) is 7.11 Å². The average molecular weight is 226 g/mol. The van der Waals surface area contributed by atoms with E-state index in [-0.39, 0.29) is 5.97 Å². The smallest absolute Gasteiger partial charge is 0.326 e. The Balaban J connectivity index is 2.01. The zero-order chi connectivity index (χ0) is 11.6. The van der Waals surface area contributed by atoms with Gasteiger partial charge in [-0.1, -0.05) is 0 Å². The van der Waals surface area contributed by atoms with Crippen molar-refractivity contribution >= 4 is 5.97 Å². The van der Waals surface area contributed by atoms with Crippen LogP contribution in [0.3, 0.4) is 0 Å². The maximum absolute atomic E-state index is 11.8. The lowest BCUT2D eigenvalue weighted by atomic mass is 9.97. The topological polar surface area (TPSA) is 41.6 Å². The first-order chi connectivity index (χ1) is 7.72. The highest BCUT2D eigenvalue weighted by molar-refractivity contribution is 5.81. The van der Waals surface area contributed by atoms with E-state index in [0.29, 0.717) is 6.04 Å². The van der Waals surface area contributed by atoms with E-state index in [9.17, 15) is 4.79 Å². The molecule has 2 atom stereocenters. The summed E-state index contributed by atoms with van der Waals surface area (Å²) in [6.07, 6.45) is 5.52. The predicted octanol–water partition coefficient (Wildman–Crippen LogP) is 0.766. The Morgan fingerprint density at radius 3 is 2.69 bits per heavy atom. The van der Waals surface area contributed by atoms with Crippen molar-refractivity contribution in [2.75, 3.05) is 27.2 Å². The van der Waals surface area contributed by atoms with Crippen LogP contribution in [0.1, 0.15) is 32.1 Å².